The van der Waals surface area contributed by atoms with Crippen molar-refractivity contribution in [2.75, 3.05) is 18.4 Å². The zero-order valence-corrected chi connectivity index (χ0v) is 14.0. The second kappa shape index (κ2) is 8.25. The number of rotatable bonds is 7. The topological polar surface area (TPSA) is 90.7 Å². The van der Waals surface area contributed by atoms with Gasteiger partial charge in [-0.25, -0.2) is 0 Å². The number of aromatic nitrogens is 2. The third-order valence-electron chi connectivity index (χ3n) is 3.41. The first kappa shape index (κ1) is 16.9. The quantitative estimate of drug-likeness (QED) is 0.761. The second-order valence-corrected chi connectivity index (χ2v) is 5.78. The van der Waals surface area contributed by atoms with Gasteiger partial charge in [0.25, 0.3) is 5.91 Å². The van der Waals surface area contributed by atoms with Gasteiger partial charge in [0.1, 0.15) is 11.6 Å². The number of anilines is 1. The average molecular weight is 329 g/mol. The zero-order chi connectivity index (χ0) is 16.7. The third kappa shape index (κ3) is 4.05. The van der Waals surface area contributed by atoms with E-state index >= 15 is 0 Å². The summed E-state index contributed by atoms with van der Waals surface area (Å²) in [6, 6.07) is 5.83. The maximum absolute atomic E-state index is 11.8. The number of amides is 1. The van der Waals surface area contributed by atoms with Crippen molar-refractivity contribution in [3.05, 3.63) is 39.2 Å². The van der Waals surface area contributed by atoms with E-state index in [-0.39, 0.29) is 5.91 Å². The largest absolute Gasteiger partial charge is 0.366 e. The Hall–Kier alpha value is -2.46. The highest BCUT2D eigenvalue weighted by Gasteiger charge is 2.14. The Morgan fingerprint density at radius 3 is 2.74 bits per heavy atom. The van der Waals surface area contributed by atoms with Crippen LogP contribution in [0.5, 0.6) is 0 Å². The van der Waals surface area contributed by atoms with Crippen LogP contribution in [-0.2, 0) is 12.8 Å². The monoisotopic (exact) mass is 329 g/mol. The van der Waals surface area contributed by atoms with Crippen LogP contribution in [0.2, 0.25) is 0 Å². The van der Waals surface area contributed by atoms with Crippen LogP contribution in [0, 0.1) is 11.3 Å². The Kier molecular flexibility index (Phi) is 6.06. The summed E-state index contributed by atoms with van der Waals surface area (Å²) < 4.78 is 0. The normalized spacial score (nSPS) is 10.1. The predicted octanol–water partition coefficient (Wildman–Crippen LogP) is 2.38. The smallest absolute Gasteiger partial charge is 0.261 e. The van der Waals surface area contributed by atoms with Gasteiger partial charge in [-0.2, -0.15) is 10.4 Å². The summed E-state index contributed by atoms with van der Waals surface area (Å²) in [7, 11) is 0. The van der Waals surface area contributed by atoms with E-state index in [4.69, 9.17) is 0 Å². The van der Waals surface area contributed by atoms with Gasteiger partial charge >= 0.3 is 0 Å². The Labute approximate surface area is 139 Å². The van der Waals surface area contributed by atoms with Crippen LogP contribution < -0.4 is 10.6 Å². The highest BCUT2D eigenvalue weighted by molar-refractivity contribution is 7.12. The highest BCUT2D eigenvalue weighted by atomic mass is 32.1. The van der Waals surface area contributed by atoms with Crippen LogP contribution in [0.1, 0.15) is 40.3 Å². The minimum atomic E-state index is -0.0935. The Morgan fingerprint density at radius 2 is 2.13 bits per heavy atom. The molecule has 0 spiro atoms. The number of aryl methyl sites for hydroxylation is 1. The van der Waals surface area contributed by atoms with Gasteiger partial charge in [0.2, 0.25) is 0 Å². The van der Waals surface area contributed by atoms with Gasteiger partial charge in [0.15, 0.2) is 5.82 Å². The molecule has 23 heavy (non-hydrogen) atoms. The van der Waals surface area contributed by atoms with Crippen molar-refractivity contribution in [3.63, 3.8) is 0 Å². The van der Waals surface area contributed by atoms with E-state index < -0.39 is 0 Å². The molecular formula is C16H19N5OS. The van der Waals surface area contributed by atoms with Crippen molar-refractivity contribution >= 4 is 23.1 Å². The molecule has 2 aromatic rings. The highest BCUT2D eigenvalue weighted by Crippen LogP contribution is 2.19. The van der Waals surface area contributed by atoms with Crippen LogP contribution in [0.25, 0.3) is 0 Å². The summed E-state index contributed by atoms with van der Waals surface area (Å²) in [6.45, 7) is 4.93. The van der Waals surface area contributed by atoms with Gasteiger partial charge < -0.3 is 10.6 Å². The van der Waals surface area contributed by atoms with Gasteiger partial charge in [0.05, 0.1) is 10.6 Å². The molecule has 0 saturated carbocycles. The maximum Gasteiger partial charge on any atom is 0.261 e. The number of carbonyl (C=O) groups is 1. The standard InChI is InChI=1S/C16H19N5OS/c1-3-11-12(10-17)15(21-20-13(11)4-2)18-7-8-19-16(22)14-6-5-9-23-14/h5-6,9H,3-4,7-8H2,1-2H3,(H,18,21)(H,19,22). The number of nitrogens with one attached hydrogen (secondary N) is 2. The number of nitriles is 1. The molecule has 0 aromatic carbocycles. The minimum Gasteiger partial charge on any atom is -0.366 e. The van der Waals surface area contributed by atoms with Crippen LogP contribution in [0.15, 0.2) is 17.5 Å². The van der Waals surface area contributed by atoms with E-state index in [1.54, 1.807) is 6.07 Å². The molecule has 0 aliphatic carbocycles. The van der Waals surface area contributed by atoms with Crippen molar-refractivity contribution in [1.29, 1.82) is 5.26 Å². The number of nitrogens with zero attached hydrogens (tertiary/aromatic N) is 3. The molecule has 7 heteroatoms. The van der Waals surface area contributed by atoms with Gasteiger partial charge in [-0.1, -0.05) is 19.9 Å². The molecule has 0 saturated heterocycles. The van der Waals surface area contributed by atoms with Crippen molar-refractivity contribution < 1.29 is 4.79 Å². The number of thiophene rings is 1. The molecule has 1 amide bonds. The van der Waals surface area contributed by atoms with Gasteiger partial charge in [-0.3, -0.25) is 4.79 Å². The van der Waals surface area contributed by atoms with Gasteiger partial charge in [-0.05, 0) is 29.9 Å². The van der Waals surface area contributed by atoms with Crippen LogP contribution in [0.3, 0.4) is 0 Å². The Morgan fingerprint density at radius 1 is 1.30 bits per heavy atom. The fourth-order valence-corrected chi connectivity index (χ4v) is 2.91. The lowest BCUT2D eigenvalue weighted by Gasteiger charge is -2.12. The molecule has 120 valence electrons. The van der Waals surface area contributed by atoms with Gasteiger partial charge in [0, 0.05) is 13.1 Å². The molecule has 0 bridgehead atoms. The fourth-order valence-electron chi connectivity index (χ4n) is 2.27. The number of hydrogen-bond acceptors (Lipinski definition) is 6. The lowest BCUT2D eigenvalue weighted by Crippen LogP contribution is -2.28. The number of carbonyl (C=O) groups excluding carboxylic acids is 1. The molecule has 0 atom stereocenters. The van der Waals surface area contributed by atoms with Crippen molar-refractivity contribution in [3.8, 4) is 6.07 Å². The molecule has 0 unspecified atom stereocenters. The lowest BCUT2D eigenvalue weighted by molar-refractivity contribution is 0.0959. The van der Waals surface area contributed by atoms with E-state index in [0.29, 0.717) is 29.3 Å². The van der Waals surface area contributed by atoms with E-state index in [1.165, 1.54) is 11.3 Å². The summed E-state index contributed by atoms with van der Waals surface area (Å²) >= 11 is 1.40. The number of hydrogen-bond donors (Lipinski definition) is 2. The minimum absolute atomic E-state index is 0.0935. The zero-order valence-electron chi connectivity index (χ0n) is 13.2. The predicted molar refractivity (Wildman–Crippen MR) is 90.6 cm³/mol. The molecule has 2 rings (SSSR count). The van der Waals surface area contributed by atoms with Crippen molar-refractivity contribution in [2.45, 2.75) is 26.7 Å². The Bertz CT molecular complexity index is 706. The molecule has 2 aromatic heterocycles. The van der Waals surface area contributed by atoms with Crippen molar-refractivity contribution in [2.24, 2.45) is 0 Å². The van der Waals surface area contributed by atoms with E-state index in [0.717, 1.165) is 24.1 Å². The molecule has 0 aliphatic heterocycles. The molecular weight excluding hydrogens is 310 g/mol. The summed E-state index contributed by atoms with van der Waals surface area (Å²) in [6.07, 6.45) is 1.49. The first-order chi connectivity index (χ1) is 11.2. The van der Waals surface area contributed by atoms with E-state index in [1.807, 2.05) is 25.3 Å². The first-order valence-corrected chi connectivity index (χ1v) is 8.43. The van der Waals surface area contributed by atoms with E-state index in [9.17, 15) is 10.1 Å². The third-order valence-corrected chi connectivity index (χ3v) is 4.27. The lowest BCUT2D eigenvalue weighted by atomic mass is 10.0. The van der Waals surface area contributed by atoms with E-state index in [2.05, 4.69) is 26.9 Å². The molecule has 0 aliphatic rings. The summed E-state index contributed by atoms with van der Waals surface area (Å²) in [4.78, 5) is 12.5. The fraction of sp³-hybridized carbons (Fsp3) is 0.375. The summed E-state index contributed by atoms with van der Waals surface area (Å²) in [5.74, 6) is 0.385. The first-order valence-electron chi connectivity index (χ1n) is 7.55. The maximum atomic E-state index is 11.8. The average Bonchev–Trinajstić information content (AvgIpc) is 3.12. The molecule has 0 fully saturated rings. The van der Waals surface area contributed by atoms with Crippen LogP contribution >= 0.6 is 11.3 Å². The SMILES string of the molecule is CCc1nnc(NCCNC(=O)c2cccs2)c(C#N)c1CC. The molecule has 2 N–H and O–H groups in total. The van der Waals surface area contributed by atoms with Crippen LogP contribution in [-0.4, -0.2) is 29.2 Å². The Balaban J connectivity index is 1.96. The van der Waals surface area contributed by atoms with Crippen LogP contribution in [0.4, 0.5) is 5.82 Å². The second-order valence-electron chi connectivity index (χ2n) is 4.83. The van der Waals surface area contributed by atoms with Gasteiger partial charge in [-0.15, -0.1) is 16.4 Å². The van der Waals surface area contributed by atoms with Crippen molar-refractivity contribution in [1.82, 2.24) is 15.5 Å². The molecule has 2 heterocycles. The molecule has 6 nitrogen and oxygen atoms in total. The summed E-state index contributed by atoms with van der Waals surface area (Å²) in [5.41, 5.74) is 2.35. The molecule has 0 radical (unpaired) electrons. The summed E-state index contributed by atoms with van der Waals surface area (Å²) in [5, 5.41) is 25.4.